The summed E-state index contributed by atoms with van der Waals surface area (Å²) in [6.45, 7) is 1.45. The van der Waals surface area contributed by atoms with Gasteiger partial charge in [-0.25, -0.2) is 4.68 Å². The van der Waals surface area contributed by atoms with Crippen molar-refractivity contribution in [1.82, 2.24) is 15.1 Å². The van der Waals surface area contributed by atoms with Crippen LogP contribution in [0.25, 0.3) is 5.69 Å². The molecule has 106 valence electrons. The highest BCUT2D eigenvalue weighted by molar-refractivity contribution is 5.40. The molecule has 0 bridgehead atoms. The predicted molar refractivity (Wildman–Crippen MR) is 82.2 cm³/mol. The van der Waals surface area contributed by atoms with Crippen molar-refractivity contribution in [1.29, 1.82) is 0 Å². The van der Waals surface area contributed by atoms with Crippen LogP contribution in [0, 0.1) is 0 Å². The molecule has 4 nitrogen and oxygen atoms in total. The fraction of sp³-hybridized carbons (Fsp3) is 0.118. The molecular formula is C17H17N3O. The van der Waals surface area contributed by atoms with E-state index < -0.39 is 0 Å². The summed E-state index contributed by atoms with van der Waals surface area (Å²) in [6, 6.07) is 17.4. The lowest BCUT2D eigenvalue weighted by atomic mass is 10.1. The van der Waals surface area contributed by atoms with Gasteiger partial charge >= 0.3 is 0 Å². The highest BCUT2D eigenvalue weighted by Gasteiger charge is 2.03. The first-order chi connectivity index (χ1) is 10.3. The van der Waals surface area contributed by atoms with Gasteiger partial charge in [0.15, 0.2) is 0 Å². The van der Waals surface area contributed by atoms with E-state index in [0.717, 1.165) is 17.8 Å². The van der Waals surface area contributed by atoms with Gasteiger partial charge in [-0.1, -0.05) is 30.3 Å². The number of para-hydroxylation sites is 1. The minimum Gasteiger partial charge on any atom is -0.508 e. The first kappa shape index (κ1) is 13.4. The van der Waals surface area contributed by atoms with Gasteiger partial charge in [0.25, 0.3) is 0 Å². The number of nitrogens with one attached hydrogen (secondary N) is 1. The van der Waals surface area contributed by atoms with Crippen molar-refractivity contribution >= 4 is 0 Å². The molecule has 4 heteroatoms. The fourth-order valence-electron chi connectivity index (χ4n) is 2.30. The molecule has 2 aromatic carbocycles. The van der Waals surface area contributed by atoms with Crippen molar-refractivity contribution in [3.05, 3.63) is 78.1 Å². The van der Waals surface area contributed by atoms with Gasteiger partial charge in [-0.3, -0.25) is 0 Å². The summed E-state index contributed by atoms with van der Waals surface area (Å²) in [5.41, 5.74) is 3.32. The molecule has 0 unspecified atom stereocenters. The Kier molecular flexibility index (Phi) is 3.98. The maximum atomic E-state index is 9.46. The SMILES string of the molecule is Oc1cccc(CNCc2ccccc2-n2cccn2)c1. The second kappa shape index (κ2) is 6.24. The van der Waals surface area contributed by atoms with Crippen LogP contribution < -0.4 is 5.32 Å². The standard InChI is InChI=1S/C17H17N3O/c21-16-7-3-5-14(11-16)12-18-13-15-6-1-2-8-17(15)20-10-4-9-19-20/h1-11,18,21H,12-13H2. The van der Waals surface area contributed by atoms with Crippen molar-refractivity contribution in [2.45, 2.75) is 13.1 Å². The molecule has 3 rings (SSSR count). The Bertz CT molecular complexity index is 708. The molecule has 0 saturated carbocycles. The first-order valence-electron chi connectivity index (χ1n) is 6.89. The number of aromatic nitrogens is 2. The number of hydrogen-bond donors (Lipinski definition) is 2. The average molecular weight is 279 g/mol. The van der Waals surface area contributed by atoms with Crippen LogP contribution in [0.1, 0.15) is 11.1 Å². The Morgan fingerprint density at radius 1 is 1.00 bits per heavy atom. The van der Waals surface area contributed by atoms with E-state index in [1.807, 2.05) is 41.2 Å². The summed E-state index contributed by atoms with van der Waals surface area (Å²) in [4.78, 5) is 0. The Labute approximate surface area is 123 Å². The van der Waals surface area contributed by atoms with Crippen molar-refractivity contribution in [2.75, 3.05) is 0 Å². The number of hydrogen-bond acceptors (Lipinski definition) is 3. The van der Waals surface area contributed by atoms with E-state index in [1.165, 1.54) is 5.56 Å². The van der Waals surface area contributed by atoms with Crippen LogP contribution in [0.5, 0.6) is 5.75 Å². The van der Waals surface area contributed by atoms with Crippen molar-refractivity contribution in [2.24, 2.45) is 0 Å². The average Bonchev–Trinajstić information content (AvgIpc) is 3.02. The zero-order valence-electron chi connectivity index (χ0n) is 11.6. The number of phenols is 1. The van der Waals surface area contributed by atoms with Gasteiger partial charge in [0.2, 0.25) is 0 Å². The van der Waals surface area contributed by atoms with Crippen LogP contribution >= 0.6 is 0 Å². The topological polar surface area (TPSA) is 50.1 Å². The summed E-state index contributed by atoms with van der Waals surface area (Å²) < 4.78 is 1.87. The van der Waals surface area contributed by atoms with Gasteiger partial charge < -0.3 is 10.4 Å². The third-order valence-corrected chi connectivity index (χ3v) is 3.30. The predicted octanol–water partition coefficient (Wildman–Crippen LogP) is 2.87. The monoisotopic (exact) mass is 279 g/mol. The van der Waals surface area contributed by atoms with Crippen molar-refractivity contribution in [3.63, 3.8) is 0 Å². The third kappa shape index (κ3) is 3.30. The van der Waals surface area contributed by atoms with E-state index in [4.69, 9.17) is 0 Å². The molecule has 0 aliphatic heterocycles. The zero-order valence-corrected chi connectivity index (χ0v) is 11.6. The lowest BCUT2D eigenvalue weighted by Crippen LogP contribution is -2.14. The minimum atomic E-state index is 0.297. The normalized spacial score (nSPS) is 10.7. The lowest BCUT2D eigenvalue weighted by Gasteiger charge is -2.11. The lowest BCUT2D eigenvalue weighted by molar-refractivity contribution is 0.474. The zero-order chi connectivity index (χ0) is 14.5. The highest BCUT2D eigenvalue weighted by atomic mass is 16.3. The van der Waals surface area contributed by atoms with Gasteiger partial charge in [-0.2, -0.15) is 5.10 Å². The quantitative estimate of drug-likeness (QED) is 0.755. The maximum absolute atomic E-state index is 9.46. The Morgan fingerprint density at radius 2 is 1.90 bits per heavy atom. The fourth-order valence-corrected chi connectivity index (χ4v) is 2.30. The molecule has 0 fully saturated rings. The van der Waals surface area contributed by atoms with Gasteiger partial charge in [-0.15, -0.1) is 0 Å². The molecule has 0 atom stereocenters. The van der Waals surface area contributed by atoms with Crippen LogP contribution in [-0.4, -0.2) is 14.9 Å². The van der Waals surface area contributed by atoms with E-state index in [-0.39, 0.29) is 0 Å². The van der Waals surface area contributed by atoms with Crippen LogP contribution in [0.15, 0.2) is 67.0 Å². The molecule has 1 aromatic heterocycles. The second-order valence-corrected chi connectivity index (χ2v) is 4.85. The van der Waals surface area contributed by atoms with Gasteiger partial charge in [0, 0.05) is 25.5 Å². The molecule has 2 N–H and O–H groups in total. The summed E-state index contributed by atoms with van der Waals surface area (Å²) in [5.74, 6) is 0.297. The Balaban J connectivity index is 1.69. The summed E-state index contributed by atoms with van der Waals surface area (Å²) in [6.07, 6.45) is 3.71. The molecule has 0 saturated heterocycles. The molecule has 21 heavy (non-hydrogen) atoms. The highest BCUT2D eigenvalue weighted by Crippen LogP contribution is 2.14. The molecule has 1 heterocycles. The molecule has 3 aromatic rings. The van der Waals surface area contributed by atoms with E-state index in [1.54, 1.807) is 18.3 Å². The molecule has 0 radical (unpaired) electrons. The van der Waals surface area contributed by atoms with E-state index in [0.29, 0.717) is 12.3 Å². The maximum Gasteiger partial charge on any atom is 0.115 e. The van der Waals surface area contributed by atoms with Crippen molar-refractivity contribution < 1.29 is 5.11 Å². The van der Waals surface area contributed by atoms with E-state index in [9.17, 15) is 5.11 Å². The Morgan fingerprint density at radius 3 is 2.71 bits per heavy atom. The van der Waals surface area contributed by atoms with E-state index in [2.05, 4.69) is 22.5 Å². The minimum absolute atomic E-state index is 0.297. The van der Waals surface area contributed by atoms with E-state index >= 15 is 0 Å². The third-order valence-electron chi connectivity index (χ3n) is 3.30. The summed E-state index contributed by atoms with van der Waals surface area (Å²) in [7, 11) is 0. The number of aromatic hydroxyl groups is 1. The van der Waals surface area contributed by atoms with Crippen molar-refractivity contribution in [3.8, 4) is 11.4 Å². The molecular weight excluding hydrogens is 262 g/mol. The number of rotatable bonds is 5. The summed E-state index contributed by atoms with van der Waals surface area (Å²) in [5, 5.41) is 17.1. The molecule has 0 spiro atoms. The largest absolute Gasteiger partial charge is 0.508 e. The molecule has 0 aliphatic carbocycles. The van der Waals surface area contributed by atoms with Crippen LogP contribution in [0.2, 0.25) is 0 Å². The first-order valence-corrected chi connectivity index (χ1v) is 6.89. The van der Waals surface area contributed by atoms with Crippen LogP contribution in [0.4, 0.5) is 0 Å². The summed E-state index contributed by atoms with van der Waals surface area (Å²) >= 11 is 0. The Hall–Kier alpha value is -2.59. The smallest absolute Gasteiger partial charge is 0.115 e. The van der Waals surface area contributed by atoms with Gasteiger partial charge in [-0.05, 0) is 35.4 Å². The molecule has 0 aliphatic rings. The van der Waals surface area contributed by atoms with Crippen LogP contribution in [0.3, 0.4) is 0 Å². The number of benzene rings is 2. The van der Waals surface area contributed by atoms with Gasteiger partial charge in [0.1, 0.15) is 5.75 Å². The van der Waals surface area contributed by atoms with Crippen LogP contribution in [-0.2, 0) is 13.1 Å². The molecule has 0 amide bonds. The van der Waals surface area contributed by atoms with Gasteiger partial charge in [0.05, 0.1) is 5.69 Å². The number of nitrogens with zero attached hydrogens (tertiary/aromatic N) is 2. The number of phenolic OH excluding ortho intramolecular Hbond substituents is 1. The second-order valence-electron chi connectivity index (χ2n) is 4.85.